The van der Waals surface area contributed by atoms with E-state index in [1.165, 1.54) is 32.7 Å². The number of anilines is 1. The number of methoxy groups -OCH3 is 2. The van der Waals surface area contributed by atoms with Gasteiger partial charge in [-0.2, -0.15) is 0 Å². The van der Waals surface area contributed by atoms with Gasteiger partial charge in [-0.15, -0.1) is 0 Å². The van der Waals surface area contributed by atoms with Gasteiger partial charge in [-0.1, -0.05) is 0 Å². The maximum Gasteiger partial charge on any atom is 0.265 e. The summed E-state index contributed by atoms with van der Waals surface area (Å²) in [6, 6.07) is 7.70. The number of nitrogens with one attached hydrogen (secondary N) is 1. The Labute approximate surface area is 117 Å². The van der Waals surface area contributed by atoms with Gasteiger partial charge in [0.15, 0.2) is 0 Å². The molecular weight excluding hydrogens is 280 g/mol. The standard InChI is InChI=1S/C13H14N2O4S/c1-18-11-3-4-12(19-2)13(9-11)20(16,17)15-10-5-7-14-8-6-10/h3-9H,1-2H3,(H,14,15). The molecule has 6 nitrogen and oxygen atoms in total. The zero-order valence-corrected chi connectivity index (χ0v) is 11.8. The normalized spacial score (nSPS) is 10.9. The highest BCUT2D eigenvalue weighted by Crippen LogP contribution is 2.29. The number of hydrogen-bond donors (Lipinski definition) is 1. The number of nitrogens with zero attached hydrogens (tertiary/aromatic N) is 1. The summed E-state index contributed by atoms with van der Waals surface area (Å²) < 4.78 is 37.3. The minimum absolute atomic E-state index is 0.0103. The molecule has 0 amide bonds. The Hall–Kier alpha value is -2.28. The molecule has 106 valence electrons. The predicted molar refractivity (Wildman–Crippen MR) is 74.6 cm³/mol. The molecule has 0 fully saturated rings. The third-order valence-corrected chi connectivity index (χ3v) is 4.00. The van der Waals surface area contributed by atoms with Crippen LogP contribution >= 0.6 is 0 Å². The molecule has 0 aliphatic heterocycles. The van der Waals surface area contributed by atoms with E-state index in [4.69, 9.17) is 9.47 Å². The van der Waals surface area contributed by atoms with Crippen LogP contribution in [0, 0.1) is 0 Å². The van der Waals surface area contributed by atoms with Crippen molar-refractivity contribution in [2.75, 3.05) is 18.9 Å². The number of aromatic nitrogens is 1. The van der Waals surface area contributed by atoms with Gasteiger partial charge in [0.05, 0.1) is 19.9 Å². The second kappa shape index (κ2) is 5.79. The van der Waals surface area contributed by atoms with E-state index in [0.717, 1.165) is 0 Å². The SMILES string of the molecule is COc1ccc(OC)c(S(=O)(=O)Nc2ccncc2)c1. The van der Waals surface area contributed by atoms with Crippen LogP contribution in [0.2, 0.25) is 0 Å². The van der Waals surface area contributed by atoms with E-state index in [-0.39, 0.29) is 10.6 Å². The van der Waals surface area contributed by atoms with E-state index in [1.807, 2.05) is 0 Å². The van der Waals surface area contributed by atoms with Crippen LogP contribution in [-0.2, 0) is 10.0 Å². The Morgan fingerprint density at radius 2 is 1.75 bits per heavy atom. The van der Waals surface area contributed by atoms with Gasteiger partial charge in [0, 0.05) is 18.5 Å². The zero-order chi connectivity index (χ0) is 14.6. The van der Waals surface area contributed by atoms with Gasteiger partial charge in [-0.3, -0.25) is 9.71 Å². The van der Waals surface area contributed by atoms with Crippen molar-refractivity contribution in [2.45, 2.75) is 4.90 Å². The summed E-state index contributed by atoms with van der Waals surface area (Å²) >= 11 is 0. The van der Waals surface area contributed by atoms with Crippen LogP contribution in [0.4, 0.5) is 5.69 Å². The van der Waals surface area contributed by atoms with Gasteiger partial charge in [0.25, 0.3) is 10.0 Å². The Morgan fingerprint density at radius 1 is 1.05 bits per heavy atom. The van der Waals surface area contributed by atoms with Gasteiger partial charge in [0.1, 0.15) is 16.4 Å². The molecule has 0 saturated carbocycles. The second-order valence-electron chi connectivity index (χ2n) is 3.86. The van der Waals surface area contributed by atoms with Crippen molar-refractivity contribution in [3.8, 4) is 11.5 Å². The second-order valence-corrected chi connectivity index (χ2v) is 5.51. The maximum absolute atomic E-state index is 12.4. The van der Waals surface area contributed by atoms with E-state index in [2.05, 4.69) is 9.71 Å². The van der Waals surface area contributed by atoms with E-state index in [1.54, 1.807) is 24.3 Å². The fraction of sp³-hybridized carbons (Fsp3) is 0.154. The Morgan fingerprint density at radius 3 is 2.35 bits per heavy atom. The minimum Gasteiger partial charge on any atom is -0.497 e. The number of benzene rings is 1. The maximum atomic E-state index is 12.4. The highest BCUT2D eigenvalue weighted by Gasteiger charge is 2.20. The van der Waals surface area contributed by atoms with Crippen LogP contribution in [-0.4, -0.2) is 27.6 Å². The largest absolute Gasteiger partial charge is 0.497 e. The monoisotopic (exact) mass is 294 g/mol. The first kappa shape index (κ1) is 14.1. The van der Waals surface area contributed by atoms with Crippen molar-refractivity contribution < 1.29 is 17.9 Å². The summed E-state index contributed by atoms with van der Waals surface area (Å²) in [5.74, 6) is 0.674. The molecule has 0 atom stereocenters. The van der Waals surface area contributed by atoms with E-state index in [9.17, 15) is 8.42 Å². The first-order valence-electron chi connectivity index (χ1n) is 5.71. The number of rotatable bonds is 5. The van der Waals surface area contributed by atoms with E-state index in [0.29, 0.717) is 11.4 Å². The van der Waals surface area contributed by atoms with Crippen molar-refractivity contribution in [1.82, 2.24) is 4.98 Å². The molecule has 0 aliphatic carbocycles. The number of sulfonamides is 1. The van der Waals surface area contributed by atoms with Crippen LogP contribution < -0.4 is 14.2 Å². The molecule has 0 bridgehead atoms. The highest BCUT2D eigenvalue weighted by molar-refractivity contribution is 7.92. The first-order valence-corrected chi connectivity index (χ1v) is 7.20. The summed E-state index contributed by atoms with van der Waals surface area (Å²) in [4.78, 5) is 3.84. The highest BCUT2D eigenvalue weighted by atomic mass is 32.2. The van der Waals surface area contributed by atoms with Crippen molar-refractivity contribution in [3.63, 3.8) is 0 Å². The molecule has 0 saturated heterocycles. The topological polar surface area (TPSA) is 77.5 Å². The molecule has 2 rings (SSSR count). The van der Waals surface area contributed by atoms with E-state index < -0.39 is 10.0 Å². The Kier molecular flexibility index (Phi) is 4.09. The molecule has 2 aromatic rings. The lowest BCUT2D eigenvalue weighted by molar-refractivity contribution is 0.392. The molecule has 1 aromatic heterocycles. The molecule has 0 aliphatic rings. The molecule has 0 radical (unpaired) electrons. The lowest BCUT2D eigenvalue weighted by atomic mass is 10.3. The van der Waals surface area contributed by atoms with Crippen molar-refractivity contribution in [1.29, 1.82) is 0 Å². The molecule has 7 heteroatoms. The summed E-state index contributed by atoms with van der Waals surface area (Å²) in [5.41, 5.74) is 0.421. The molecule has 0 spiro atoms. The molecule has 1 N–H and O–H groups in total. The van der Waals surface area contributed by atoms with Gasteiger partial charge >= 0.3 is 0 Å². The number of pyridine rings is 1. The zero-order valence-electron chi connectivity index (χ0n) is 11.0. The van der Waals surface area contributed by atoms with E-state index >= 15 is 0 Å². The van der Waals surface area contributed by atoms with Crippen molar-refractivity contribution >= 4 is 15.7 Å². The molecule has 0 unspecified atom stereocenters. The lowest BCUT2D eigenvalue weighted by Gasteiger charge is -2.12. The van der Waals surface area contributed by atoms with Crippen LogP contribution in [0.5, 0.6) is 11.5 Å². The summed E-state index contributed by atoms with van der Waals surface area (Å²) in [6.45, 7) is 0. The molecule has 1 aromatic carbocycles. The van der Waals surface area contributed by atoms with Crippen molar-refractivity contribution in [2.24, 2.45) is 0 Å². The van der Waals surface area contributed by atoms with Gasteiger partial charge in [-0.25, -0.2) is 8.42 Å². The average Bonchev–Trinajstić information content (AvgIpc) is 2.47. The molecular formula is C13H14N2O4S. The Balaban J connectivity index is 2.43. The number of hydrogen-bond acceptors (Lipinski definition) is 5. The van der Waals surface area contributed by atoms with Gasteiger partial charge in [-0.05, 0) is 24.3 Å². The van der Waals surface area contributed by atoms with Gasteiger partial charge in [0.2, 0.25) is 0 Å². The number of ether oxygens (including phenoxy) is 2. The van der Waals surface area contributed by atoms with Gasteiger partial charge < -0.3 is 9.47 Å². The smallest absolute Gasteiger partial charge is 0.265 e. The Bertz CT molecular complexity index is 687. The third kappa shape index (κ3) is 3.00. The lowest BCUT2D eigenvalue weighted by Crippen LogP contribution is -2.14. The molecule has 1 heterocycles. The van der Waals surface area contributed by atoms with Crippen LogP contribution in [0.15, 0.2) is 47.6 Å². The first-order chi connectivity index (χ1) is 9.56. The van der Waals surface area contributed by atoms with Crippen LogP contribution in [0.3, 0.4) is 0 Å². The summed E-state index contributed by atoms with van der Waals surface area (Å²) in [7, 11) is -0.895. The minimum atomic E-state index is -3.77. The molecule has 20 heavy (non-hydrogen) atoms. The van der Waals surface area contributed by atoms with Crippen LogP contribution in [0.1, 0.15) is 0 Å². The van der Waals surface area contributed by atoms with Crippen molar-refractivity contribution in [3.05, 3.63) is 42.7 Å². The average molecular weight is 294 g/mol. The predicted octanol–water partition coefficient (Wildman–Crippen LogP) is 1.90. The quantitative estimate of drug-likeness (QED) is 0.911. The third-order valence-electron chi connectivity index (χ3n) is 2.59. The summed E-state index contributed by atoms with van der Waals surface area (Å²) in [6.07, 6.45) is 3.00. The fourth-order valence-electron chi connectivity index (χ4n) is 1.62. The summed E-state index contributed by atoms with van der Waals surface area (Å²) in [5, 5.41) is 0. The fourth-order valence-corrected chi connectivity index (χ4v) is 2.87. The van der Waals surface area contributed by atoms with Crippen LogP contribution in [0.25, 0.3) is 0 Å².